The van der Waals surface area contributed by atoms with Crippen LogP contribution in [0.25, 0.3) is 0 Å². The average molecular weight is 289 g/mol. The van der Waals surface area contributed by atoms with E-state index in [0.29, 0.717) is 0 Å². The summed E-state index contributed by atoms with van der Waals surface area (Å²) >= 11 is 5.30. The molecule has 2 rings (SSSR count). The first-order valence-corrected chi connectivity index (χ1v) is 7.09. The van der Waals surface area contributed by atoms with Crippen molar-refractivity contribution >= 4 is 32.3 Å². The van der Waals surface area contributed by atoms with E-state index < -0.39 is 0 Å². The maximum atomic E-state index is 3.49. The third-order valence-electron chi connectivity index (χ3n) is 2.96. The average Bonchev–Trinajstić information content (AvgIpc) is 2.84. The quantitative estimate of drug-likeness (QED) is 0.917. The highest BCUT2D eigenvalue weighted by Crippen LogP contribution is 2.27. The van der Waals surface area contributed by atoms with Crippen LogP contribution in [0, 0.1) is 5.92 Å². The molecule has 4 heteroatoms. The minimum Gasteiger partial charge on any atom is -0.366 e. The predicted molar refractivity (Wildman–Crippen MR) is 70.9 cm³/mol. The normalized spacial score (nSPS) is 20.8. The standard InChI is InChI=1S/C11H17BrN2S/c1-14(11-6-10(12)8-15-11)5-3-9-2-4-13-7-9/h6,8-9,13H,2-5,7H2,1H3. The van der Waals surface area contributed by atoms with Crippen molar-refractivity contribution in [2.75, 3.05) is 31.6 Å². The Kier molecular flexibility index (Phi) is 4.05. The van der Waals surface area contributed by atoms with Crippen molar-refractivity contribution in [2.24, 2.45) is 5.92 Å². The summed E-state index contributed by atoms with van der Waals surface area (Å²) in [7, 11) is 2.18. The van der Waals surface area contributed by atoms with E-state index in [1.165, 1.54) is 41.9 Å². The van der Waals surface area contributed by atoms with E-state index in [9.17, 15) is 0 Å². The molecule has 0 amide bonds. The monoisotopic (exact) mass is 288 g/mol. The first kappa shape index (κ1) is 11.4. The van der Waals surface area contributed by atoms with Gasteiger partial charge in [0, 0.05) is 23.4 Å². The van der Waals surface area contributed by atoms with E-state index in [1.807, 2.05) is 0 Å². The van der Waals surface area contributed by atoms with Gasteiger partial charge in [0.25, 0.3) is 0 Å². The fraction of sp³-hybridized carbons (Fsp3) is 0.636. The van der Waals surface area contributed by atoms with Gasteiger partial charge in [-0.25, -0.2) is 0 Å². The molecule has 0 aromatic carbocycles. The molecule has 1 unspecified atom stereocenters. The smallest absolute Gasteiger partial charge is 0.0917 e. The molecule has 1 N–H and O–H groups in total. The highest BCUT2D eigenvalue weighted by Gasteiger charge is 2.15. The van der Waals surface area contributed by atoms with Crippen LogP contribution in [-0.4, -0.2) is 26.7 Å². The number of nitrogens with zero attached hydrogens (tertiary/aromatic N) is 1. The molecule has 2 nitrogen and oxygen atoms in total. The highest BCUT2D eigenvalue weighted by molar-refractivity contribution is 9.10. The lowest BCUT2D eigenvalue weighted by Crippen LogP contribution is -2.21. The summed E-state index contributed by atoms with van der Waals surface area (Å²) in [6.45, 7) is 3.58. The van der Waals surface area contributed by atoms with Gasteiger partial charge in [-0.05, 0) is 53.8 Å². The number of thiophene rings is 1. The van der Waals surface area contributed by atoms with Crippen molar-refractivity contribution in [1.29, 1.82) is 0 Å². The van der Waals surface area contributed by atoms with E-state index in [1.54, 1.807) is 11.3 Å². The minimum atomic E-state index is 0.885. The molecule has 0 radical (unpaired) electrons. The lowest BCUT2D eigenvalue weighted by molar-refractivity contribution is 0.534. The van der Waals surface area contributed by atoms with E-state index >= 15 is 0 Å². The zero-order chi connectivity index (χ0) is 10.7. The molecular formula is C11H17BrN2S. The van der Waals surface area contributed by atoms with Gasteiger partial charge in [-0.2, -0.15) is 0 Å². The zero-order valence-electron chi connectivity index (χ0n) is 9.00. The lowest BCUT2D eigenvalue weighted by atomic mass is 10.1. The van der Waals surface area contributed by atoms with E-state index in [0.717, 1.165) is 5.92 Å². The second kappa shape index (κ2) is 5.32. The van der Waals surface area contributed by atoms with Crippen LogP contribution >= 0.6 is 27.3 Å². The van der Waals surface area contributed by atoms with Crippen LogP contribution < -0.4 is 10.2 Å². The fourth-order valence-corrected chi connectivity index (χ4v) is 3.37. The Labute approximate surface area is 104 Å². The van der Waals surface area contributed by atoms with Crippen molar-refractivity contribution in [3.8, 4) is 0 Å². The Bertz CT molecular complexity index is 307. The fourth-order valence-electron chi connectivity index (χ4n) is 1.95. The van der Waals surface area contributed by atoms with Crippen molar-refractivity contribution in [1.82, 2.24) is 5.32 Å². The maximum absolute atomic E-state index is 3.49. The second-order valence-electron chi connectivity index (χ2n) is 4.17. The van der Waals surface area contributed by atoms with Gasteiger partial charge in [-0.3, -0.25) is 0 Å². The molecule has 2 heterocycles. The molecule has 1 fully saturated rings. The summed E-state index contributed by atoms with van der Waals surface area (Å²) in [6, 6.07) is 2.19. The van der Waals surface area contributed by atoms with Crippen molar-refractivity contribution in [3.05, 3.63) is 15.9 Å². The van der Waals surface area contributed by atoms with E-state index in [4.69, 9.17) is 0 Å². The van der Waals surface area contributed by atoms with Gasteiger partial charge < -0.3 is 10.2 Å². The van der Waals surface area contributed by atoms with Crippen LogP contribution in [0.4, 0.5) is 5.00 Å². The molecule has 0 saturated carbocycles. The topological polar surface area (TPSA) is 15.3 Å². The van der Waals surface area contributed by atoms with E-state index in [2.05, 4.69) is 44.6 Å². The second-order valence-corrected chi connectivity index (χ2v) is 5.98. The molecule has 0 spiro atoms. The number of anilines is 1. The number of hydrogen-bond donors (Lipinski definition) is 1. The molecule has 0 aliphatic carbocycles. The Morgan fingerprint density at radius 1 is 1.67 bits per heavy atom. The van der Waals surface area contributed by atoms with Gasteiger partial charge in [0.05, 0.1) is 5.00 Å². The van der Waals surface area contributed by atoms with Crippen molar-refractivity contribution < 1.29 is 0 Å². The Morgan fingerprint density at radius 2 is 2.53 bits per heavy atom. The molecule has 1 atom stereocenters. The first-order chi connectivity index (χ1) is 7.25. The van der Waals surface area contributed by atoms with Gasteiger partial charge in [-0.15, -0.1) is 11.3 Å². The third-order valence-corrected chi connectivity index (χ3v) is 4.77. The van der Waals surface area contributed by atoms with Gasteiger partial charge in [-0.1, -0.05) is 0 Å². The Hall–Kier alpha value is -0.0600. The minimum absolute atomic E-state index is 0.885. The van der Waals surface area contributed by atoms with Crippen LogP contribution in [-0.2, 0) is 0 Å². The maximum Gasteiger partial charge on any atom is 0.0917 e. The predicted octanol–water partition coefficient (Wildman–Crippen LogP) is 2.95. The van der Waals surface area contributed by atoms with Crippen LogP contribution in [0.2, 0.25) is 0 Å². The largest absolute Gasteiger partial charge is 0.366 e. The molecule has 0 bridgehead atoms. The van der Waals surface area contributed by atoms with Crippen LogP contribution in [0.15, 0.2) is 15.9 Å². The molecule has 1 aliphatic rings. The van der Waals surface area contributed by atoms with Crippen LogP contribution in [0.1, 0.15) is 12.8 Å². The summed E-state index contributed by atoms with van der Waals surface area (Å²) < 4.78 is 1.19. The Balaban J connectivity index is 1.79. The summed E-state index contributed by atoms with van der Waals surface area (Å²) in [5, 5.41) is 6.91. The summed E-state index contributed by atoms with van der Waals surface area (Å²) in [6.07, 6.45) is 2.65. The summed E-state index contributed by atoms with van der Waals surface area (Å²) in [5.74, 6) is 0.885. The summed E-state index contributed by atoms with van der Waals surface area (Å²) in [4.78, 5) is 2.35. The van der Waals surface area contributed by atoms with Crippen LogP contribution in [0.3, 0.4) is 0 Å². The highest BCUT2D eigenvalue weighted by atomic mass is 79.9. The van der Waals surface area contributed by atoms with Gasteiger partial charge in [0.2, 0.25) is 0 Å². The molecule has 84 valence electrons. The molecule has 15 heavy (non-hydrogen) atoms. The molecule has 1 aromatic rings. The van der Waals surface area contributed by atoms with Gasteiger partial charge in [0.1, 0.15) is 0 Å². The molecular weight excluding hydrogens is 272 g/mol. The van der Waals surface area contributed by atoms with E-state index in [-0.39, 0.29) is 0 Å². The lowest BCUT2D eigenvalue weighted by Gasteiger charge is -2.18. The Morgan fingerprint density at radius 3 is 3.13 bits per heavy atom. The SMILES string of the molecule is CN(CCC1CCNC1)c1cc(Br)cs1. The number of rotatable bonds is 4. The number of nitrogens with one attached hydrogen (secondary N) is 1. The molecule has 1 saturated heterocycles. The van der Waals surface area contributed by atoms with Crippen molar-refractivity contribution in [3.63, 3.8) is 0 Å². The zero-order valence-corrected chi connectivity index (χ0v) is 11.4. The van der Waals surface area contributed by atoms with Crippen molar-refractivity contribution in [2.45, 2.75) is 12.8 Å². The molecule has 1 aliphatic heterocycles. The third kappa shape index (κ3) is 3.20. The van der Waals surface area contributed by atoms with Gasteiger partial charge in [0.15, 0.2) is 0 Å². The first-order valence-electron chi connectivity index (χ1n) is 5.41. The molecule has 1 aromatic heterocycles. The van der Waals surface area contributed by atoms with Gasteiger partial charge >= 0.3 is 0 Å². The number of halogens is 1. The summed E-state index contributed by atoms with van der Waals surface area (Å²) in [5.41, 5.74) is 0. The number of hydrogen-bond acceptors (Lipinski definition) is 3. The van der Waals surface area contributed by atoms with Crippen LogP contribution in [0.5, 0.6) is 0 Å².